The van der Waals surface area contributed by atoms with Crippen LogP contribution in [-0.2, 0) is 4.79 Å². The van der Waals surface area contributed by atoms with Crippen LogP contribution in [0.5, 0.6) is 0 Å². The van der Waals surface area contributed by atoms with Crippen LogP contribution in [0.2, 0.25) is 0 Å². The molecule has 0 aliphatic carbocycles. The zero-order valence-corrected chi connectivity index (χ0v) is 8.85. The van der Waals surface area contributed by atoms with Crippen molar-refractivity contribution in [1.82, 2.24) is 5.32 Å². The summed E-state index contributed by atoms with van der Waals surface area (Å²) in [6.45, 7) is 8.18. The summed E-state index contributed by atoms with van der Waals surface area (Å²) in [5, 5.41) is 3.06. The van der Waals surface area contributed by atoms with E-state index in [1.165, 1.54) is 0 Å². The summed E-state index contributed by atoms with van der Waals surface area (Å²) < 4.78 is 0. The lowest BCUT2D eigenvalue weighted by molar-refractivity contribution is -0.124. The van der Waals surface area contributed by atoms with Crippen LogP contribution in [0.25, 0.3) is 0 Å². The third-order valence-electron chi connectivity index (χ3n) is 1.97. The second-order valence-corrected chi connectivity index (χ2v) is 4.03. The van der Waals surface area contributed by atoms with Gasteiger partial charge in [-0.3, -0.25) is 4.79 Å². The summed E-state index contributed by atoms with van der Waals surface area (Å²) >= 11 is 0. The van der Waals surface area contributed by atoms with Gasteiger partial charge in [-0.1, -0.05) is 27.7 Å². The second kappa shape index (κ2) is 5.31. The predicted molar refractivity (Wildman–Crippen MR) is 54.3 cm³/mol. The number of hydrogen-bond donors (Lipinski definition) is 1. The van der Waals surface area contributed by atoms with Gasteiger partial charge in [0.2, 0.25) is 0 Å². The molecule has 0 bridgehead atoms. The van der Waals surface area contributed by atoms with Crippen molar-refractivity contribution >= 4 is 5.78 Å². The molecule has 0 aromatic rings. The molecule has 2 heteroatoms. The minimum atomic E-state index is 0. The molecule has 0 aromatic carbocycles. The van der Waals surface area contributed by atoms with Crippen LogP contribution in [0.3, 0.4) is 0 Å². The fourth-order valence-corrected chi connectivity index (χ4v) is 1.25. The first-order valence-electron chi connectivity index (χ1n) is 4.70. The normalized spacial score (nSPS) is 13.9. The molecule has 0 aliphatic rings. The van der Waals surface area contributed by atoms with E-state index in [1.54, 1.807) is 0 Å². The lowest BCUT2D eigenvalue weighted by Crippen LogP contribution is -2.37. The number of carbonyl (C=O) groups is 1. The van der Waals surface area contributed by atoms with Crippen LogP contribution in [0.4, 0.5) is 0 Å². The number of carbonyl (C=O) groups excluding carboxylic acids is 1. The summed E-state index contributed by atoms with van der Waals surface area (Å²) in [7, 11) is 1.85. The zero-order valence-electron chi connectivity index (χ0n) is 8.85. The minimum Gasteiger partial charge on any atom is -0.311 e. The second-order valence-electron chi connectivity index (χ2n) is 4.03. The van der Waals surface area contributed by atoms with E-state index < -0.39 is 0 Å². The Bertz CT molecular complexity index is 146. The van der Waals surface area contributed by atoms with Gasteiger partial charge in [-0.25, -0.2) is 0 Å². The highest BCUT2D eigenvalue weighted by molar-refractivity contribution is 5.85. The molecule has 1 atom stereocenters. The maximum Gasteiger partial charge on any atom is 0.152 e. The summed E-state index contributed by atoms with van der Waals surface area (Å²) in [6.07, 6.45) is 0.938. The molecule has 74 valence electrons. The molecule has 12 heavy (non-hydrogen) atoms. The Balaban J connectivity index is 0. The van der Waals surface area contributed by atoms with E-state index in [2.05, 4.69) is 19.2 Å². The Labute approximate surface area is 77.2 Å². The van der Waals surface area contributed by atoms with Gasteiger partial charge < -0.3 is 5.32 Å². The first-order chi connectivity index (χ1) is 5.49. The van der Waals surface area contributed by atoms with Gasteiger partial charge in [-0.05, 0) is 19.4 Å². The van der Waals surface area contributed by atoms with Crippen molar-refractivity contribution in [3.05, 3.63) is 0 Å². The minimum absolute atomic E-state index is 0. The Morgan fingerprint density at radius 1 is 1.33 bits per heavy atom. The van der Waals surface area contributed by atoms with Gasteiger partial charge in [0.05, 0.1) is 6.04 Å². The highest BCUT2D eigenvalue weighted by Gasteiger charge is 2.19. The van der Waals surface area contributed by atoms with Crippen molar-refractivity contribution in [2.45, 2.75) is 40.2 Å². The van der Waals surface area contributed by atoms with E-state index in [9.17, 15) is 4.79 Å². The molecule has 0 radical (unpaired) electrons. The van der Waals surface area contributed by atoms with Crippen LogP contribution in [0.15, 0.2) is 0 Å². The van der Waals surface area contributed by atoms with Gasteiger partial charge in [0.1, 0.15) is 0 Å². The molecule has 1 N–H and O–H groups in total. The Kier molecular flexibility index (Phi) is 5.14. The fourth-order valence-electron chi connectivity index (χ4n) is 1.25. The largest absolute Gasteiger partial charge is 0.311 e. The lowest BCUT2D eigenvalue weighted by Gasteiger charge is -2.18. The molecular formula is C10H23NO. The van der Waals surface area contributed by atoms with Gasteiger partial charge >= 0.3 is 0 Å². The Morgan fingerprint density at radius 2 is 1.83 bits per heavy atom. The van der Waals surface area contributed by atoms with E-state index in [-0.39, 0.29) is 13.4 Å². The van der Waals surface area contributed by atoms with Crippen molar-refractivity contribution in [3.8, 4) is 0 Å². The van der Waals surface area contributed by atoms with Crippen LogP contribution >= 0.6 is 0 Å². The van der Waals surface area contributed by atoms with Crippen LogP contribution in [0.1, 0.15) is 35.5 Å². The highest BCUT2D eigenvalue weighted by Crippen LogP contribution is 2.09. The van der Waals surface area contributed by atoms with E-state index in [0.29, 0.717) is 11.7 Å². The molecule has 0 unspecified atom stereocenters. The van der Waals surface area contributed by atoms with Crippen molar-refractivity contribution < 1.29 is 6.22 Å². The van der Waals surface area contributed by atoms with Gasteiger partial charge in [0.25, 0.3) is 0 Å². The SMILES string of the molecule is CN[C@@H](CC(C)C)C(=O)C(C)C.[HH]. The molecule has 0 saturated heterocycles. The maximum absolute atomic E-state index is 11.5. The number of rotatable bonds is 5. The molecule has 0 spiro atoms. The summed E-state index contributed by atoms with van der Waals surface area (Å²) in [6, 6.07) is 0.0463. The quantitative estimate of drug-likeness (QED) is 0.689. The van der Waals surface area contributed by atoms with Crippen molar-refractivity contribution in [1.29, 1.82) is 0 Å². The predicted octanol–water partition coefficient (Wildman–Crippen LogP) is 2.09. The van der Waals surface area contributed by atoms with Gasteiger partial charge in [0.15, 0.2) is 5.78 Å². The number of hydrogen-bond acceptors (Lipinski definition) is 2. The molecule has 0 amide bonds. The zero-order chi connectivity index (χ0) is 9.72. The Hall–Kier alpha value is -0.370. The summed E-state index contributed by atoms with van der Waals surface area (Å²) in [4.78, 5) is 11.5. The molecular weight excluding hydrogens is 150 g/mol. The average molecular weight is 173 g/mol. The van der Waals surface area contributed by atoms with E-state index in [0.717, 1.165) is 6.42 Å². The monoisotopic (exact) mass is 173 g/mol. The smallest absolute Gasteiger partial charge is 0.152 e. The molecule has 0 fully saturated rings. The topological polar surface area (TPSA) is 29.1 Å². The van der Waals surface area contributed by atoms with E-state index in [1.807, 2.05) is 20.9 Å². The maximum atomic E-state index is 11.5. The average Bonchev–Trinajstić information content (AvgIpc) is 1.98. The fraction of sp³-hybridized carbons (Fsp3) is 0.900. The molecule has 0 saturated carbocycles. The number of ketones is 1. The Morgan fingerprint density at radius 3 is 2.08 bits per heavy atom. The van der Waals surface area contributed by atoms with Crippen LogP contribution < -0.4 is 5.32 Å². The van der Waals surface area contributed by atoms with Crippen molar-refractivity contribution in [2.24, 2.45) is 11.8 Å². The van der Waals surface area contributed by atoms with Gasteiger partial charge in [0, 0.05) is 7.34 Å². The van der Waals surface area contributed by atoms with E-state index >= 15 is 0 Å². The summed E-state index contributed by atoms with van der Waals surface area (Å²) in [5.41, 5.74) is 0. The lowest BCUT2D eigenvalue weighted by atomic mass is 9.94. The van der Waals surface area contributed by atoms with Crippen molar-refractivity contribution in [2.75, 3.05) is 7.05 Å². The molecule has 0 aliphatic heterocycles. The molecule has 2 nitrogen and oxygen atoms in total. The van der Waals surface area contributed by atoms with Gasteiger partial charge in [-0.2, -0.15) is 0 Å². The van der Waals surface area contributed by atoms with Gasteiger partial charge in [-0.15, -0.1) is 0 Å². The third kappa shape index (κ3) is 3.86. The first kappa shape index (κ1) is 11.6. The molecule has 0 rings (SSSR count). The third-order valence-corrected chi connectivity index (χ3v) is 1.97. The number of Topliss-reactive ketones (excluding diaryl/α,β-unsaturated/α-hetero) is 1. The van der Waals surface area contributed by atoms with Crippen LogP contribution in [0, 0.1) is 11.8 Å². The van der Waals surface area contributed by atoms with Crippen molar-refractivity contribution in [3.63, 3.8) is 0 Å². The molecule has 0 aromatic heterocycles. The summed E-state index contributed by atoms with van der Waals surface area (Å²) in [5.74, 6) is 1.04. The van der Waals surface area contributed by atoms with E-state index in [4.69, 9.17) is 0 Å². The first-order valence-corrected chi connectivity index (χ1v) is 4.70. The molecule has 0 heterocycles. The standard InChI is InChI=1S/C10H21NO.H2/c1-7(2)6-9(11-5)10(12)8(3)4;/h7-9,11H,6H2,1-5H3;1H/t9-;/m0./s1. The van der Waals surface area contributed by atoms with Crippen LogP contribution in [-0.4, -0.2) is 18.9 Å². The highest BCUT2D eigenvalue weighted by atomic mass is 16.1. The number of likely N-dealkylation sites (N-methyl/N-ethyl adjacent to an activating group) is 1. The number of nitrogens with one attached hydrogen (secondary N) is 1.